The molecule has 7 nitrogen and oxygen atoms in total. The Bertz CT molecular complexity index is 1370. The largest absolute Gasteiger partial charge is 0.314 e. The lowest BCUT2D eigenvalue weighted by atomic mass is 9.92. The Morgan fingerprint density at radius 3 is 2.49 bits per heavy atom. The van der Waals surface area contributed by atoms with Crippen LogP contribution in [0, 0.1) is 0 Å². The summed E-state index contributed by atoms with van der Waals surface area (Å²) in [6, 6.07) is 14.7. The Balaban J connectivity index is 1.61. The van der Waals surface area contributed by atoms with Crippen LogP contribution in [0.1, 0.15) is 76.5 Å². The van der Waals surface area contributed by atoms with Gasteiger partial charge in [-0.05, 0) is 44.2 Å². The van der Waals surface area contributed by atoms with Crippen molar-refractivity contribution in [1.82, 2.24) is 24.9 Å². The SMILES string of the molecule is CCN[C@@H](CC)C[C@@H](C)c1nc2c(-c3ccc(-c4ccccc4)nc3)cnn2c(NC(C)=O)c1C1CC1. The van der Waals surface area contributed by atoms with E-state index < -0.39 is 0 Å². The molecule has 1 amide bonds. The van der Waals surface area contributed by atoms with E-state index >= 15 is 0 Å². The van der Waals surface area contributed by atoms with Gasteiger partial charge in [-0.15, -0.1) is 0 Å². The first-order chi connectivity index (χ1) is 18.0. The highest BCUT2D eigenvalue weighted by molar-refractivity contribution is 5.90. The van der Waals surface area contributed by atoms with Crippen LogP contribution in [0.5, 0.6) is 0 Å². The maximum Gasteiger partial charge on any atom is 0.222 e. The number of nitrogens with zero attached hydrogens (tertiary/aromatic N) is 4. The highest BCUT2D eigenvalue weighted by Crippen LogP contribution is 2.47. The molecule has 1 fully saturated rings. The summed E-state index contributed by atoms with van der Waals surface area (Å²) in [5.41, 5.74) is 6.84. The number of carbonyl (C=O) groups excluding carboxylic acids is 1. The van der Waals surface area contributed by atoms with Crippen molar-refractivity contribution in [3.05, 3.63) is 66.1 Å². The van der Waals surface area contributed by atoms with Crippen molar-refractivity contribution in [2.75, 3.05) is 11.9 Å². The molecule has 0 aliphatic heterocycles. The zero-order valence-electron chi connectivity index (χ0n) is 22.2. The number of nitrogens with one attached hydrogen (secondary N) is 2. The van der Waals surface area contributed by atoms with Crippen molar-refractivity contribution in [2.45, 2.75) is 71.3 Å². The molecule has 0 saturated heterocycles. The molecule has 5 rings (SSSR count). The van der Waals surface area contributed by atoms with Crippen LogP contribution in [-0.2, 0) is 4.79 Å². The highest BCUT2D eigenvalue weighted by atomic mass is 16.1. The fraction of sp³-hybridized carbons (Fsp3) is 0.400. The van der Waals surface area contributed by atoms with Gasteiger partial charge in [-0.25, -0.2) is 4.98 Å². The minimum Gasteiger partial charge on any atom is -0.314 e. The minimum absolute atomic E-state index is 0.0991. The molecule has 0 unspecified atom stereocenters. The van der Waals surface area contributed by atoms with E-state index in [0.29, 0.717) is 12.0 Å². The molecule has 4 aromatic rings. The standard InChI is InChI=1S/C30H36N6O/c1-5-24(31-6-2)16-19(3)28-27(22-12-13-22)30(34-20(4)37)36-29(35-28)25(18-33-36)23-14-15-26(32-17-23)21-10-8-7-9-11-21/h7-11,14-15,17-19,22,24,31H,5-6,12-13,16H2,1-4H3,(H,34,37)/t19-,24+/m1/s1. The monoisotopic (exact) mass is 496 g/mol. The van der Waals surface area contributed by atoms with E-state index in [1.165, 1.54) is 0 Å². The quantitative estimate of drug-likeness (QED) is 0.274. The molecule has 1 aliphatic rings. The van der Waals surface area contributed by atoms with Gasteiger partial charge in [0.05, 0.1) is 17.6 Å². The van der Waals surface area contributed by atoms with Crippen molar-refractivity contribution in [2.24, 2.45) is 0 Å². The molecule has 0 radical (unpaired) electrons. The van der Waals surface area contributed by atoms with Gasteiger partial charge in [0.25, 0.3) is 0 Å². The first kappa shape index (κ1) is 25.1. The maximum atomic E-state index is 12.3. The van der Waals surface area contributed by atoms with Gasteiger partial charge < -0.3 is 10.6 Å². The second-order valence-corrected chi connectivity index (χ2v) is 10.1. The number of anilines is 1. The molecule has 1 saturated carbocycles. The summed E-state index contributed by atoms with van der Waals surface area (Å²) in [5.74, 6) is 1.31. The van der Waals surface area contributed by atoms with Gasteiger partial charge in [0.2, 0.25) is 5.91 Å². The Labute approximate surface area is 218 Å². The number of aromatic nitrogens is 4. The van der Waals surface area contributed by atoms with Crippen LogP contribution in [0.3, 0.4) is 0 Å². The number of hydrogen-bond donors (Lipinski definition) is 2. The molecular formula is C30H36N6O. The molecule has 1 aliphatic carbocycles. The van der Waals surface area contributed by atoms with E-state index in [1.807, 2.05) is 41.2 Å². The summed E-state index contributed by atoms with van der Waals surface area (Å²) in [6.07, 6.45) is 8.01. The summed E-state index contributed by atoms with van der Waals surface area (Å²) in [5, 5.41) is 11.4. The average molecular weight is 497 g/mol. The van der Waals surface area contributed by atoms with Crippen LogP contribution in [0.25, 0.3) is 28.0 Å². The van der Waals surface area contributed by atoms with Gasteiger partial charge in [0.1, 0.15) is 5.82 Å². The summed E-state index contributed by atoms with van der Waals surface area (Å²) in [6.45, 7) is 9.14. The van der Waals surface area contributed by atoms with Crippen molar-refractivity contribution in [3.63, 3.8) is 0 Å². The van der Waals surface area contributed by atoms with Crippen LogP contribution >= 0.6 is 0 Å². The third-order valence-electron chi connectivity index (χ3n) is 7.23. The zero-order valence-corrected chi connectivity index (χ0v) is 22.2. The predicted molar refractivity (Wildman–Crippen MR) is 149 cm³/mol. The van der Waals surface area contributed by atoms with Gasteiger partial charge in [-0.2, -0.15) is 9.61 Å². The van der Waals surface area contributed by atoms with E-state index in [-0.39, 0.29) is 11.8 Å². The number of hydrogen-bond acceptors (Lipinski definition) is 5. The van der Waals surface area contributed by atoms with E-state index in [0.717, 1.165) is 77.3 Å². The first-order valence-corrected chi connectivity index (χ1v) is 13.4. The van der Waals surface area contributed by atoms with Crippen LogP contribution in [0.4, 0.5) is 5.82 Å². The molecular weight excluding hydrogens is 460 g/mol. The Morgan fingerprint density at radius 2 is 1.86 bits per heavy atom. The third kappa shape index (κ3) is 5.27. The Morgan fingerprint density at radius 1 is 1.08 bits per heavy atom. The molecule has 3 aromatic heterocycles. The molecule has 192 valence electrons. The van der Waals surface area contributed by atoms with Crippen LogP contribution in [-0.4, -0.2) is 38.1 Å². The molecule has 3 heterocycles. The van der Waals surface area contributed by atoms with E-state index in [2.05, 4.69) is 49.6 Å². The Kier molecular flexibility index (Phi) is 7.33. The number of pyridine rings is 1. The molecule has 7 heteroatoms. The summed E-state index contributed by atoms with van der Waals surface area (Å²) in [4.78, 5) is 22.3. The van der Waals surface area contributed by atoms with E-state index in [9.17, 15) is 4.79 Å². The van der Waals surface area contributed by atoms with Crippen LogP contribution in [0.2, 0.25) is 0 Å². The number of rotatable bonds is 10. The highest BCUT2D eigenvalue weighted by Gasteiger charge is 2.34. The van der Waals surface area contributed by atoms with Crippen molar-refractivity contribution in [1.29, 1.82) is 0 Å². The van der Waals surface area contributed by atoms with Crippen LogP contribution in [0.15, 0.2) is 54.9 Å². The summed E-state index contributed by atoms with van der Waals surface area (Å²) in [7, 11) is 0. The summed E-state index contributed by atoms with van der Waals surface area (Å²) >= 11 is 0. The van der Waals surface area contributed by atoms with Gasteiger partial charge in [0.15, 0.2) is 5.65 Å². The van der Waals surface area contributed by atoms with Crippen molar-refractivity contribution < 1.29 is 4.79 Å². The normalized spacial score (nSPS) is 15.0. The minimum atomic E-state index is -0.0991. The van der Waals surface area contributed by atoms with E-state index in [1.54, 1.807) is 6.92 Å². The second-order valence-electron chi connectivity index (χ2n) is 10.1. The average Bonchev–Trinajstić information content (AvgIpc) is 3.66. The fourth-order valence-electron chi connectivity index (χ4n) is 5.22. The number of carbonyl (C=O) groups is 1. The summed E-state index contributed by atoms with van der Waals surface area (Å²) < 4.78 is 1.81. The van der Waals surface area contributed by atoms with Crippen LogP contribution < -0.4 is 10.6 Å². The number of amides is 1. The number of benzene rings is 1. The van der Waals surface area contributed by atoms with Gasteiger partial charge in [0, 0.05) is 47.3 Å². The number of fused-ring (bicyclic) bond motifs is 1. The van der Waals surface area contributed by atoms with Gasteiger partial charge in [-0.1, -0.05) is 57.2 Å². The smallest absolute Gasteiger partial charge is 0.222 e. The lowest BCUT2D eigenvalue weighted by molar-refractivity contribution is -0.114. The van der Waals surface area contributed by atoms with Gasteiger partial charge in [-0.3, -0.25) is 9.78 Å². The van der Waals surface area contributed by atoms with Gasteiger partial charge >= 0.3 is 0 Å². The molecule has 0 bridgehead atoms. The predicted octanol–water partition coefficient (Wildman–Crippen LogP) is 6.18. The molecule has 2 atom stereocenters. The lowest BCUT2D eigenvalue weighted by Crippen LogP contribution is -2.30. The fourth-order valence-corrected chi connectivity index (χ4v) is 5.22. The molecule has 2 N–H and O–H groups in total. The Hall–Kier alpha value is -3.58. The molecule has 1 aromatic carbocycles. The van der Waals surface area contributed by atoms with Crippen molar-refractivity contribution in [3.8, 4) is 22.4 Å². The third-order valence-corrected chi connectivity index (χ3v) is 7.23. The first-order valence-electron chi connectivity index (χ1n) is 13.4. The molecule has 37 heavy (non-hydrogen) atoms. The topological polar surface area (TPSA) is 84.2 Å². The zero-order chi connectivity index (χ0) is 25.9. The van der Waals surface area contributed by atoms with E-state index in [4.69, 9.17) is 15.1 Å². The maximum absolute atomic E-state index is 12.3. The second kappa shape index (κ2) is 10.8. The molecule has 0 spiro atoms. The lowest BCUT2D eigenvalue weighted by Gasteiger charge is -2.24. The van der Waals surface area contributed by atoms with Crippen molar-refractivity contribution >= 4 is 17.4 Å².